The van der Waals surface area contributed by atoms with Gasteiger partial charge in [-0.1, -0.05) is 124 Å². The Bertz CT molecular complexity index is 1480. The summed E-state index contributed by atoms with van der Waals surface area (Å²) in [4.78, 5) is 1.65. The first-order valence-electron chi connectivity index (χ1n) is 13.9. The largest absolute Gasteiger partial charge is 0.249 e. The van der Waals surface area contributed by atoms with E-state index in [0.717, 1.165) is 27.8 Å². The molecule has 1 aliphatic heterocycles. The van der Waals surface area contributed by atoms with Crippen molar-refractivity contribution in [2.24, 2.45) is 0 Å². The molecular formula is C33H40BrNO3S2. The van der Waals surface area contributed by atoms with Gasteiger partial charge in [-0.3, -0.25) is 0 Å². The number of benzene rings is 3. The number of halogens is 1. The Morgan fingerprint density at radius 1 is 0.850 bits per heavy atom. The highest BCUT2D eigenvalue weighted by Gasteiger charge is 2.47. The number of nitrogens with zero attached hydrogens (tertiary/aromatic N) is 1. The molecule has 0 aliphatic carbocycles. The summed E-state index contributed by atoms with van der Waals surface area (Å²) in [6, 6.07) is 20.2. The maximum atomic E-state index is 15.0. The van der Waals surface area contributed by atoms with E-state index in [4.69, 9.17) is 0 Å². The average molecular weight is 643 g/mol. The quantitative estimate of drug-likeness (QED) is 0.220. The molecule has 3 aromatic rings. The van der Waals surface area contributed by atoms with E-state index in [1.165, 1.54) is 0 Å². The second kappa shape index (κ2) is 12.4. The van der Waals surface area contributed by atoms with Gasteiger partial charge in [-0.05, 0) is 59.1 Å². The molecule has 3 atom stereocenters. The Morgan fingerprint density at radius 2 is 1.40 bits per heavy atom. The first-order chi connectivity index (χ1) is 18.9. The lowest BCUT2D eigenvalue weighted by Gasteiger charge is -2.33. The lowest BCUT2D eigenvalue weighted by Crippen LogP contribution is -2.40. The summed E-state index contributed by atoms with van der Waals surface area (Å²) in [5.74, 6) is 0.293. The van der Waals surface area contributed by atoms with Crippen molar-refractivity contribution in [2.45, 2.75) is 88.1 Å². The van der Waals surface area contributed by atoms with Gasteiger partial charge in [0.1, 0.15) is 0 Å². The van der Waals surface area contributed by atoms with Gasteiger partial charge in [-0.2, -0.15) is 4.31 Å². The Labute approximate surface area is 251 Å². The van der Waals surface area contributed by atoms with Crippen molar-refractivity contribution in [3.8, 4) is 0 Å². The fourth-order valence-electron chi connectivity index (χ4n) is 5.30. The molecule has 4 rings (SSSR count). The molecule has 0 bridgehead atoms. The normalized spacial score (nSPS) is 19.0. The van der Waals surface area contributed by atoms with Crippen LogP contribution in [0.5, 0.6) is 0 Å². The summed E-state index contributed by atoms with van der Waals surface area (Å²) in [6.07, 6.45) is 1.90. The van der Waals surface area contributed by atoms with E-state index >= 15 is 8.42 Å². The van der Waals surface area contributed by atoms with Gasteiger partial charge in [0.2, 0.25) is 10.0 Å². The molecule has 0 aromatic heterocycles. The average Bonchev–Trinajstić information content (AvgIpc) is 3.33. The van der Waals surface area contributed by atoms with Crippen molar-refractivity contribution in [1.82, 2.24) is 4.31 Å². The van der Waals surface area contributed by atoms with E-state index in [9.17, 15) is 4.21 Å². The van der Waals surface area contributed by atoms with Crippen LogP contribution in [-0.4, -0.2) is 28.3 Å². The molecule has 0 unspecified atom stereocenters. The second-order valence-corrected chi connectivity index (χ2v) is 15.4. The zero-order valence-corrected chi connectivity index (χ0v) is 27.6. The number of alkyl halides is 1. The van der Waals surface area contributed by atoms with Crippen LogP contribution in [0.2, 0.25) is 0 Å². The Morgan fingerprint density at radius 3 is 1.88 bits per heavy atom. The van der Waals surface area contributed by atoms with Crippen LogP contribution in [0.4, 0.5) is 0 Å². The molecule has 0 saturated carbocycles. The number of hydrogen-bond acceptors (Lipinski definition) is 3. The Hall–Kier alpha value is -2.06. The van der Waals surface area contributed by atoms with Crippen LogP contribution in [-0.2, 0) is 20.8 Å². The molecule has 40 heavy (non-hydrogen) atoms. The van der Waals surface area contributed by atoms with Gasteiger partial charge in [0.05, 0.1) is 27.8 Å². The van der Waals surface area contributed by atoms with Gasteiger partial charge in [-0.15, -0.1) is 0 Å². The zero-order valence-electron chi connectivity index (χ0n) is 24.4. The van der Waals surface area contributed by atoms with Gasteiger partial charge in [0.15, 0.2) is 0 Å². The topological polar surface area (TPSA) is 54.5 Å². The smallest absolute Gasteiger partial charge is 0.245 e. The SMILES string of the molecule is Cc1ccc([S@](=O)C2=C[C@H](CBr)N(S(=O)(=O)c3c(C(C)C)cc(C(C)C)cc3C(C)C)[C@H]2c2ccccc2)cc1. The lowest BCUT2D eigenvalue weighted by atomic mass is 9.89. The summed E-state index contributed by atoms with van der Waals surface area (Å²) < 4.78 is 45.8. The number of hydrogen-bond donors (Lipinski definition) is 0. The summed E-state index contributed by atoms with van der Waals surface area (Å²) in [7, 11) is -5.57. The van der Waals surface area contributed by atoms with E-state index in [2.05, 4.69) is 69.6 Å². The third-order valence-electron chi connectivity index (χ3n) is 7.54. The molecule has 0 fully saturated rings. The van der Waals surface area contributed by atoms with Gasteiger partial charge in [0.25, 0.3) is 0 Å². The monoisotopic (exact) mass is 641 g/mol. The van der Waals surface area contributed by atoms with E-state index < -0.39 is 32.9 Å². The molecule has 4 nitrogen and oxygen atoms in total. The molecule has 1 aliphatic rings. The predicted molar refractivity (Wildman–Crippen MR) is 170 cm³/mol. The zero-order chi connectivity index (χ0) is 29.4. The van der Waals surface area contributed by atoms with Crippen molar-refractivity contribution in [3.05, 3.63) is 106 Å². The summed E-state index contributed by atoms with van der Waals surface area (Å²) in [6.45, 7) is 14.5. The third-order valence-corrected chi connectivity index (χ3v) is 11.7. The van der Waals surface area contributed by atoms with E-state index in [0.29, 0.717) is 20.0 Å². The van der Waals surface area contributed by atoms with Crippen molar-refractivity contribution in [3.63, 3.8) is 0 Å². The fourth-order valence-corrected chi connectivity index (χ4v) is 9.85. The molecule has 1 heterocycles. The number of sulfonamides is 1. The molecule has 7 heteroatoms. The minimum atomic E-state index is -4.03. The molecule has 214 valence electrons. The van der Waals surface area contributed by atoms with Crippen LogP contribution < -0.4 is 0 Å². The van der Waals surface area contributed by atoms with Crippen LogP contribution in [0.1, 0.15) is 93.2 Å². The van der Waals surface area contributed by atoms with Crippen molar-refractivity contribution in [1.29, 1.82) is 0 Å². The van der Waals surface area contributed by atoms with Crippen molar-refractivity contribution in [2.75, 3.05) is 5.33 Å². The van der Waals surface area contributed by atoms with Crippen LogP contribution in [0, 0.1) is 6.92 Å². The summed E-state index contributed by atoms with van der Waals surface area (Å²) >= 11 is 3.60. The molecule has 0 N–H and O–H groups in total. The first-order valence-corrected chi connectivity index (χ1v) is 17.6. The maximum absolute atomic E-state index is 15.0. The van der Waals surface area contributed by atoms with E-state index in [1.54, 1.807) is 4.31 Å². The van der Waals surface area contributed by atoms with Crippen LogP contribution in [0.25, 0.3) is 0 Å². The van der Waals surface area contributed by atoms with Crippen LogP contribution >= 0.6 is 15.9 Å². The number of rotatable bonds is 9. The molecule has 3 aromatic carbocycles. The Balaban J connectivity index is 1.97. The predicted octanol–water partition coefficient (Wildman–Crippen LogP) is 8.57. The third kappa shape index (κ3) is 5.94. The molecular weight excluding hydrogens is 602 g/mol. The van der Waals surface area contributed by atoms with Crippen LogP contribution in [0.15, 0.2) is 87.5 Å². The van der Waals surface area contributed by atoms with Gasteiger partial charge < -0.3 is 0 Å². The lowest BCUT2D eigenvalue weighted by molar-refractivity contribution is 0.360. The minimum absolute atomic E-state index is 0.00953. The molecule has 0 radical (unpaired) electrons. The first kappa shape index (κ1) is 30.9. The highest BCUT2D eigenvalue weighted by atomic mass is 79.9. The van der Waals surface area contributed by atoms with Crippen LogP contribution in [0.3, 0.4) is 0 Å². The molecule has 0 saturated heterocycles. The minimum Gasteiger partial charge on any atom is -0.249 e. The summed E-state index contributed by atoms with van der Waals surface area (Å²) in [5, 5.41) is 0.391. The highest BCUT2D eigenvalue weighted by Crippen LogP contribution is 2.46. The van der Waals surface area contributed by atoms with Gasteiger partial charge >= 0.3 is 0 Å². The van der Waals surface area contributed by atoms with Gasteiger partial charge in [-0.25, -0.2) is 12.6 Å². The van der Waals surface area contributed by atoms with Crippen molar-refractivity contribution < 1.29 is 12.6 Å². The Kier molecular flexibility index (Phi) is 9.60. The highest BCUT2D eigenvalue weighted by molar-refractivity contribution is 9.09. The standard InChI is InChI=1S/C33H40BrNO3S2/c1-21(2)26-17-29(22(3)4)33(30(18-26)23(5)6)40(37,38)35-27(20-34)19-31(32(35)25-11-9-8-10-12-25)39(36)28-15-13-24(7)14-16-28/h8-19,21-23,27,32H,20H2,1-7H3/t27-,32+,39+/m1/s1. The van der Waals surface area contributed by atoms with Gasteiger partial charge in [0, 0.05) is 15.1 Å². The molecule has 0 spiro atoms. The van der Waals surface area contributed by atoms with Crippen molar-refractivity contribution >= 4 is 36.8 Å². The maximum Gasteiger partial charge on any atom is 0.245 e. The fraction of sp³-hybridized carbons (Fsp3) is 0.394. The van der Waals surface area contributed by atoms with E-state index in [1.807, 2.05) is 67.6 Å². The number of aryl methyl sites for hydroxylation is 1. The molecule has 0 amide bonds. The second-order valence-electron chi connectivity index (χ2n) is 11.5. The summed E-state index contributed by atoms with van der Waals surface area (Å²) in [5.41, 5.74) is 4.70. The van der Waals surface area contributed by atoms with E-state index in [-0.39, 0.29) is 17.8 Å².